The van der Waals surface area contributed by atoms with E-state index in [1.807, 2.05) is 30.0 Å². The highest BCUT2D eigenvalue weighted by molar-refractivity contribution is 5.92. The number of rotatable bonds is 4. The monoisotopic (exact) mass is 329 g/mol. The summed E-state index contributed by atoms with van der Waals surface area (Å²) in [7, 11) is 3.75. The number of carbonyl (C=O) groups excluding carboxylic acids is 1. The number of piperazine rings is 1. The molecule has 2 heterocycles. The van der Waals surface area contributed by atoms with Gasteiger partial charge in [0.15, 0.2) is 5.69 Å². The van der Waals surface area contributed by atoms with Gasteiger partial charge in [-0.3, -0.25) is 9.69 Å². The van der Waals surface area contributed by atoms with Gasteiger partial charge in [-0.05, 0) is 13.1 Å². The number of nitrogens with zero attached hydrogens (tertiary/aromatic N) is 3. The Morgan fingerprint density at radius 2 is 2.17 bits per heavy atom. The van der Waals surface area contributed by atoms with Crippen LogP contribution in [0.1, 0.15) is 34.8 Å². The molecule has 1 aromatic carbocycles. The molecule has 1 saturated heterocycles. The van der Waals surface area contributed by atoms with Gasteiger partial charge in [0, 0.05) is 37.7 Å². The first-order valence-corrected chi connectivity index (χ1v) is 8.22. The fourth-order valence-corrected chi connectivity index (χ4v) is 3.08. The summed E-state index contributed by atoms with van der Waals surface area (Å²) < 4.78 is 10.7. The molecule has 1 amide bonds. The second kappa shape index (κ2) is 7.05. The van der Waals surface area contributed by atoms with Crippen LogP contribution < -0.4 is 4.74 Å². The van der Waals surface area contributed by atoms with Gasteiger partial charge in [-0.2, -0.15) is 0 Å². The molecule has 1 atom stereocenters. The van der Waals surface area contributed by atoms with Gasteiger partial charge in [-0.1, -0.05) is 30.3 Å². The first-order valence-electron chi connectivity index (χ1n) is 8.22. The van der Waals surface area contributed by atoms with Crippen LogP contribution in [0.25, 0.3) is 0 Å². The van der Waals surface area contributed by atoms with Gasteiger partial charge in [0.05, 0.1) is 13.2 Å². The predicted octanol–water partition coefficient (Wildman–Crippen LogP) is 2.37. The molecular formula is C18H23N3O3. The summed E-state index contributed by atoms with van der Waals surface area (Å²) in [6.07, 6.45) is 0.729. The number of ether oxygens (including phenoxy) is 1. The fourth-order valence-electron chi connectivity index (χ4n) is 3.08. The van der Waals surface area contributed by atoms with Crippen LogP contribution in [0.4, 0.5) is 0 Å². The molecule has 128 valence electrons. The third kappa shape index (κ3) is 3.14. The molecule has 0 aliphatic carbocycles. The summed E-state index contributed by atoms with van der Waals surface area (Å²) in [4.78, 5) is 16.8. The third-order valence-corrected chi connectivity index (χ3v) is 4.56. The van der Waals surface area contributed by atoms with Crippen LogP contribution in [0.2, 0.25) is 0 Å². The molecule has 0 radical (unpaired) electrons. The molecule has 0 bridgehead atoms. The number of aromatic nitrogens is 1. The number of hydrogen-bond donors (Lipinski definition) is 0. The van der Waals surface area contributed by atoms with Crippen molar-refractivity contribution < 1.29 is 14.1 Å². The number of para-hydroxylation sites is 1. The van der Waals surface area contributed by atoms with E-state index in [1.165, 1.54) is 0 Å². The lowest BCUT2D eigenvalue weighted by Gasteiger charge is -2.39. The number of carbonyl (C=O) groups is 1. The zero-order valence-electron chi connectivity index (χ0n) is 14.4. The second-order valence-electron chi connectivity index (χ2n) is 6.02. The highest BCUT2D eigenvalue weighted by Gasteiger charge is 2.31. The standard InChI is InChI=1S/C18H23N3O3/c1-4-13-11-15(19-24-13)18(22)21-10-9-20(2)16(12-21)14-7-5-6-8-17(14)23-3/h5-8,11,16H,4,9-10,12H2,1-3H3. The van der Waals surface area contributed by atoms with E-state index in [4.69, 9.17) is 9.26 Å². The van der Waals surface area contributed by atoms with Crippen LogP contribution >= 0.6 is 0 Å². The lowest BCUT2D eigenvalue weighted by atomic mass is 10.0. The van der Waals surface area contributed by atoms with E-state index in [-0.39, 0.29) is 11.9 Å². The van der Waals surface area contributed by atoms with E-state index in [1.54, 1.807) is 13.2 Å². The minimum absolute atomic E-state index is 0.0774. The fraction of sp³-hybridized carbons (Fsp3) is 0.444. The van der Waals surface area contributed by atoms with Crippen molar-refractivity contribution in [1.29, 1.82) is 0 Å². The van der Waals surface area contributed by atoms with Gasteiger partial charge in [0.2, 0.25) is 0 Å². The summed E-state index contributed by atoms with van der Waals surface area (Å²) in [6, 6.07) is 9.79. The zero-order chi connectivity index (χ0) is 17.1. The molecule has 2 aromatic rings. The maximum absolute atomic E-state index is 12.7. The lowest BCUT2D eigenvalue weighted by molar-refractivity contribution is 0.0533. The Hall–Kier alpha value is -2.34. The van der Waals surface area contributed by atoms with Crippen molar-refractivity contribution in [3.63, 3.8) is 0 Å². The van der Waals surface area contributed by atoms with Crippen LogP contribution in [-0.2, 0) is 6.42 Å². The van der Waals surface area contributed by atoms with Gasteiger partial charge < -0.3 is 14.2 Å². The molecule has 1 unspecified atom stereocenters. The first-order chi connectivity index (χ1) is 11.6. The molecule has 1 aromatic heterocycles. The highest BCUT2D eigenvalue weighted by Crippen LogP contribution is 2.31. The molecule has 1 aliphatic rings. The molecule has 0 spiro atoms. The van der Waals surface area contributed by atoms with E-state index in [2.05, 4.69) is 23.2 Å². The van der Waals surface area contributed by atoms with Crippen LogP contribution in [-0.4, -0.2) is 54.7 Å². The van der Waals surface area contributed by atoms with Gasteiger partial charge in [-0.25, -0.2) is 0 Å². The van der Waals surface area contributed by atoms with E-state index in [9.17, 15) is 4.79 Å². The number of hydrogen-bond acceptors (Lipinski definition) is 5. The molecule has 0 N–H and O–H groups in total. The Balaban J connectivity index is 1.81. The molecule has 0 saturated carbocycles. The van der Waals surface area contributed by atoms with Gasteiger partial charge in [-0.15, -0.1) is 0 Å². The normalized spacial score (nSPS) is 18.6. The maximum Gasteiger partial charge on any atom is 0.276 e. The van der Waals surface area contributed by atoms with Crippen molar-refractivity contribution in [2.75, 3.05) is 33.8 Å². The highest BCUT2D eigenvalue weighted by atomic mass is 16.5. The number of methoxy groups -OCH3 is 1. The Labute approximate surface area is 142 Å². The van der Waals surface area contributed by atoms with Crippen molar-refractivity contribution in [3.8, 4) is 5.75 Å². The average Bonchev–Trinajstić information content (AvgIpc) is 3.10. The lowest BCUT2D eigenvalue weighted by Crippen LogP contribution is -2.49. The first kappa shape index (κ1) is 16.5. The Kier molecular flexibility index (Phi) is 4.85. The van der Waals surface area contributed by atoms with Gasteiger partial charge in [0.25, 0.3) is 5.91 Å². The summed E-state index contributed by atoms with van der Waals surface area (Å²) in [5.41, 5.74) is 1.48. The van der Waals surface area contributed by atoms with Crippen molar-refractivity contribution in [2.45, 2.75) is 19.4 Å². The summed E-state index contributed by atoms with van der Waals surface area (Å²) in [6.45, 7) is 4.05. The number of likely N-dealkylation sites (N-methyl/N-ethyl adjacent to an activating group) is 1. The van der Waals surface area contributed by atoms with E-state index >= 15 is 0 Å². The average molecular weight is 329 g/mol. The van der Waals surface area contributed by atoms with Crippen molar-refractivity contribution >= 4 is 5.91 Å². The number of amides is 1. The Bertz CT molecular complexity index is 713. The van der Waals surface area contributed by atoms with E-state index in [0.717, 1.165) is 30.0 Å². The van der Waals surface area contributed by atoms with Gasteiger partial charge >= 0.3 is 0 Å². The Morgan fingerprint density at radius 1 is 1.38 bits per heavy atom. The summed E-state index contributed by atoms with van der Waals surface area (Å²) in [5, 5.41) is 3.91. The third-order valence-electron chi connectivity index (χ3n) is 4.56. The van der Waals surface area contributed by atoms with Crippen LogP contribution in [0, 0.1) is 0 Å². The molecule has 3 rings (SSSR count). The smallest absolute Gasteiger partial charge is 0.276 e. The number of aryl methyl sites for hydroxylation is 1. The number of benzene rings is 1. The van der Waals surface area contributed by atoms with Crippen LogP contribution in [0.3, 0.4) is 0 Å². The topological polar surface area (TPSA) is 58.8 Å². The molecule has 24 heavy (non-hydrogen) atoms. The molecule has 6 nitrogen and oxygen atoms in total. The molecule has 1 aliphatic heterocycles. The minimum Gasteiger partial charge on any atom is -0.496 e. The van der Waals surface area contributed by atoms with Crippen molar-refractivity contribution in [1.82, 2.24) is 15.0 Å². The predicted molar refractivity (Wildman–Crippen MR) is 90.1 cm³/mol. The van der Waals surface area contributed by atoms with Crippen LogP contribution in [0.5, 0.6) is 5.75 Å². The quantitative estimate of drug-likeness (QED) is 0.862. The molecule has 6 heteroatoms. The van der Waals surface area contributed by atoms with Crippen molar-refractivity contribution in [3.05, 3.63) is 47.3 Å². The Morgan fingerprint density at radius 3 is 2.88 bits per heavy atom. The summed E-state index contributed by atoms with van der Waals surface area (Å²) in [5.74, 6) is 1.50. The molecule has 1 fully saturated rings. The second-order valence-corrected chi connectivity index (χ2v) is 6.02. The van der Waals surface area contributed by atoms with E-state index < -0.39 is 0 Å². The maximum atomic E-state index is 12.7. The minimum atomic E-state index is -0.0774. The SMILES string of the molecule is CCc1cc(C(=O)N2CCN(C)C(c3ccccc3OC)C2)no1. The van der Waals surface area contributed by atoms with Crippen LogP contribution in [0.15, 0.2) is 34.9 Å². The largest absolute Gasteiger partial charge is 0.496 e. The zero-order valence-corrected chi connectivity index (χ0v) is 14.4. The van der Waals surface area contributed by atoms with E-state index in [0.29, 0.717) is 18.8 Å². The molecular weight excluding hydrogens is 306 g/mol. The van der Waals surface area contributed by atoms with Gasteiger partial charge in [0.1, 0.15) is 11.5 Å². The summed E-state index contributed by atoms with van der Waals surface area (Å²) >= 11 is 0. The van der Waals surface area contributed by atoms with Crippen molar-refractivity contribution in [2.24, 2.45) is 0 Å².